The first-order valence-corrected chi connectivity index (χ1v) is 6.63. The quantitative estimate of drug-likeness (QED) is 0.792. The van der Waals surface area contributed by atoms with Gasteiger partial charge < -0.3 is 15.0 Å². The van der Waals surface area contributed by atoms with Gasteiger partial charge in [-0.1, -0.05) is 20.8 Å². The maximum absolute atomic E-state index is 12.0. The zero-order valence-corrected chi connectivity index (χ0v) is 11.7. The molecule has 0 aliphatic heterocycles. The van der Waals surface area contributed by atoms with Gasteiger partial charge in [-0.15, -0.1) is 0 Å². The van der Waals surface area contributed by atoms with Crippen molar-refractivity contribution in [3.05, 3.63) is 24.0 Å². The zero-order chi connectivity index (χ0) is 14.4. The van der Waals surface area contributed by atoms with E-state index in [0.29, 0.717) is 5.69 Å². The first kappa shape index (κ1) is 15.3. The van der Waals surface area contributed by atoms with E-state index in [0.717, 1.165) is 13.0 Å². The molecule has 1 atom stereocenters. The summed E-state index contributed by atoms with van der Waals surface area (Å²) in [6, 6.07) is 3.57. The van der Waals surface area contributed by atoms with Crippen LogP contribution in [0.1, 0.15) is 37.7 Å². The van der Waals surface area contributed by atoms with Crippen molar-refractivity contribution < 1.29 is 14.7 Å². The average molecular weight is 266 g/mol. The normalized spacial score (nSPS) is 12.4. The van der Waals surface area contributed by atoms with E-state index in [9.17, 15) is 9.59 Å². The number of aliphatic carboxylic acids is 1. The Morgan fingerprint density at radius 3 is 2.63 bits per heavy atom. The highest BCUT2D eigenvalue weighted by molar-refractivity contribution is 5.93. The molecule has 1 heterocycles. The minimum atomic E-state index is -0.876. The van der Waals surface area contributed by atoms with Gasteiger partial charge in [0, 0.05) is 19.3 Å². The van der Waals surface area contributed by atoms with Gasteiger partial charge in [0.15, 0.2) is 0 Å². The molecule has 1 aromatic heterocycles. The minimum Gasteiger partial charge on any atom is -0.481 e. The summed E-state index contributed by atoms with van der Waals surface area (Å²) < 4.78 is 1.88. The smallest absolute Gasteiger partial charge is 0.308 e. The number of hydrogen-bond acceptors (Lipinski definition) is 2. The Morgan fingerprint density at radius 2 is 2.11 bits per heavy atom. The summed E-state index contributed by atoms with van der Waals surface area (Å²) in [6.07, 6.45) is 2.80. The molecular weight excluding hydrogens is 244 g/mol. The van der Waals surface area contributed by atoms with Gasteiger partial charge in [-0.05, 0) is 24.5 Å². The van der Waals surface area contributed by atoms with Crippen LogP contribution in [0.15, 0.2) is 18.3 Å². The molecule has 2 N–H and O–H groups in total. The number of aromatic nitrogens is 1. The number of nitrogens with one attached hydrogen (secondary N) is 1. The largest absolute Gasteiger partial charge is 0.481 e. The summed E-state index contributed by atoms with van der Waals surface area (Å²) in [7, 11) is 0. The lowest BCUT2D eigenvalue weighted by atomic mass is 9.96. The van der Waals surface area contributed by atoms with Crippen LogP contribution in [0.4, 0.5) is 0 Å². The summed E-state index contributed by atoms with van der Waals surface area (Å²) in [5.41, 5.74) is 0.578. The van der Waals surface area contributed by atoms with Crippen molar-refractivity contribution in [1.82, 2.24) is 9.88 Å². The highest BCUT2D eigenvalue weighted by atomic mass is 16.4. The average Bonchev–Trinajstić information content (AvgIpc) is 2.76. The lowest BCUT2D eigenvalue weighted by Gasteiger charge is -2.17. The Labute approximate surface area is 113 Å². The molecule has 1 amide bonds. The number of carboxylic acid groups (broad SMARTS) is 1. The lowest BCUT2D eigenvalue weighted by molar-refractivity contribution is -0.142. The molecule has 0 aromatic carbocycles. The summed E-state index contributed by atoms with van der Waals surface area (Å²) in [4.78, 5) is 23.1. The van der Waals surface area contributed by atoms with E-state index >= 15 is 0 Å². The van der Waals surface area contributed by atoms with Gasteiger partial charge in [0.1, 0.15) is 5.69 Å². The third-order valence-electron chi connectivity index (χ3n) is 3.13. The minimum absolute atomic E-state index is 0.0137. The van der Waals surface area contributed by atoms with Crippen LogP contribution in [-0.4, -0.2) is 28.1 Å². The van der Waals surface area contributed by atoms with Crippen molar-refractivity contribution in [1.29, 1.82) is 0 Å². The number of carboxylic acids is 1. The Kier molecular flexibility index (Phi) is 5.60. The first-order chi connectivity index (χ1) is 8.97. The standard InChI is InChI=1S/C14H22N2O3/c1-4-7-16-8-5-6-12(16)13(17)15-9-11(10(2)3)14(18)19/h5-6,8,10-11H,4,7,9H2,1-3H3,(H,15,17)(H,18,19). The van der Waals surface area contributed by atoms with Crippen LogP contribution in [0.25, 0.3) is 0 Å². The third-order valence-corrected chi connectivity index (χ3v) is 3.13. The molecule has 0 saturated heterocycles. The van der Waals surface area contributed by atoms with E-state index in [1.807, 2.05) is 37.6 Å². The van der Waals surface area contributed by atoms with Crippen LogP contribution >= 0.6 is 0 Å². The van der Waals surface area contributed by atoms with Crippen molar-refractivity contribution in [2.24, 2.45) is 11.8 Å². The van der Waals surface area contributed by atoms with Gasteiger partial charge in [0.2, 0.25) is 0 Å². The van der Waals surface area contributed by atoms with Gasteiger partial charge in [0.25, 0.3) is 5.91 Å². The van der Waals surface area contributed by atoms with Crippen molar-refractivity contribution in [3.63, 3.8) is 0 Å². The van der Waals surface area contributed by atoms with Crippen molar-refractivity contribution >= 4 is 11.9 Å². The number of aryl methyl sites for hydroxylation is 1. The second-order valence-electron chi connectivity index (χ2n) is 4.99. The number of carbonyl (C=O) groups is 2. The Bertz CT molecular complexity index is 438. The van der Waals surface area contributed by atoms with E-state index in [1.165, 1.54) is 0 Å². The molecule has 0 saturated carbocycles. The van der Waals surface area contributed by atoms with Crippen LogP contribution < -0.4 is 5.32 Å². The van der Waals surface area contributed by atoms with Crippen molar-refractivity contribution in [2.75, 3.05) is 6.54 Å². The van der Waals surface area contributed by atoms with Crippen LogP contribution in [0, 0.1) is 11.8 Å². The third kappa shape index (κ3) is 4.12. The summed E-state index contributed by atoms with van der Waals surface area (Å²) in [6.45, 7) is 6.65. The summed E-state index contributed by atoms with van der Waals surface area (Å²) >= 11 is 0. The van der Waals surface area contributed by atoms with E-state index < -0.39 is 11.9 Å². The Morgan fingerprint density at radius 1 is 1.42 bits per heavy atom. The van der Waals surface area contributed by atoms with Gasteiger partial charge >= 0.3 is 5.97 Å². The van der Waals surface area contributed by atoms with Gasteiger partial charge in [0.05, 0.1) is 5.92 Å². The Balaban J connectivity index is 2.64. The second-order valence-corrected chi connectivity index (χ2v) is 4.99. The van der Waals surface area contributed by atoms with Crippen LogP contribution in [0.3, 0.4) is 0 Å². The molecule has 19 heavy (non-hydrogen) atoms. The molecular formula is C14H22N2O3. The highest BCUT2D eigenvalue weighted by Crippen LogP contribution is 2.10. The molecule has 0 aliphatic rings. The number of hydrogen-bond donors (Lipinski definition) is 2. The summed E-state index contributed by atoms with van der Waals surface area (Å²) in [5, 5.41) is 11.8. The maximum atomic E-state index is 12.0. The fourth-order valence-corrected chi connectivity index (χ4v) is 1.96. The van der Waals surface area contributed by atoms with Crippen molar-refractivity contribution in [2.45, 2.75) is 33.7 Å². The zero-order valence-electron chi connectivity index (χ0n) is 11.7. The molecule has 106 valence electrons. The van der Waals surface area contributed by atoms with E-state index in [4.69, 9.17) is 5.11 Å². The van der Waals surface area contributed by atoms with Gasteiger partial charge in [-0.2, -0.15) is 0 Å². The van der Waals surface area contributed by atoms with E-state index in [2.05, 4.69) is 5.32 Å². The van der Waals surface area contributed by atoms with E-state index in [-0.39, 0.29) is 18.4 Å². The SMILES string of the molecule is CCCn1cccc1C(=O)NCC(C(=O)O)C(C)C. The van der Waals surface area contributed by atoms with Crippen LogP contribution in [0.5, 0.6) is 0 Å². The molecule has 0 spiro atoms. The molecule has 5 nitrogen and oxygen atoms in total. The molecule has 0 radical (unpaired) electrons. The number of amides is 1. The topological polar surface area (TPSA) is 71.3 Å². The van der Waals surface area contributed by atoms with E-state index in [1.54, 1.807) is 6.07 Å². The van der Waals surface area contributed by atoms with Gasteiger partial charge in [-0.3, -0.25) is 9.59 Å². The molecule has 1 unspecified atom stereocenters. The first-order valence-electron chi connectivity index (χ1n) is 6.63. The number of rotatable bonds is 7. The molecule has 0 bridgehead atoms. The fourth-order valence-electron chi connectivity index (χ4n) is 1.96. The molecule has 0 fully saturated rings. The predicted molar refractivity (Wildman–Crippen MR) is 73.0 cm³/mol. The predicted octanol–water partition coefficient (Wildman–Crippen LogP) is 1.98. The maximum Gasteiger partial charge on any atom is 0.308 e. The fraction of sp³-hybridized carbons (Fsp3) is 0.571. The molecule has 1 aromatic rings. The van der Waals surface area contributed by atoms with Crippen LogP contribution in [0.2, 0.25) is 0 Å². The lowest BCUT2D eigenvalue weighted by Crippen LogP contribution is -2.36. The Hall–Kier alpha value is -1.78. The van der Waals surface area contributed by atoms with Crippen molar-refractivity contribution in [3.8, 4) is 0 Å². The molecule has 1 rings (SSSR count). The highest BCUT2D eigenvalue weighted by Gasteiger charge is 2.22. The molecule has 0 aliphatic carbocycles. The van der Waals surface area contributed by atoms with Gasteiger partial charge in [-0.25, -0.2) is 0 Å². The summed E-state index contributed by atoms with van der Waals surface area (Å²) in [5.74, 6) is -1.66. The molecule has 5 heteroatoms. The number of nitrogens with zero attached hydrogens (tertiary/aromatic N) is 1. The number of carbonyl (C=O) groups excluding carboxylic acids is 1. The monoisotopic (exact) mass is 266 g/mol. The second kappa shape index (κ2) is 6.97. The van der Waals surface area contributed by atoms with Crippen LogP contribution in [-0.2, 0) is 11.3 Å².